The lowest BCUT2D eigenvalue weighted by atomic mass is 9.50. The molecule has 1 fully saturated rings. The van der Waals surface area contributed by atoms with Crippen molar-refractivity contribution >= 4 is 11.8 Å². The number of carbonyl (C=O) groups is 2. The van der Waals surface area contributed by atoms with Crippen LogP contribution < -0.4 is 0 Å². The lowest BCUT2D eigenvalue weighted by molar-refractivity contribution is -0.143. The standard InChI is InChI=1S/C20H32O3/c1-14-7-10-17-19(2,3)11-6-12-20(17,4)16(14)9-8-15(21)13-18(22)23-5/h17H,6-13H2,1-5H3/t17-,20+/m0/s1. The van der Waals surface area contributed by atoms with Crippen molar-refractivity contribution in [2.24, 2.45) is 16.7 Å². The summed E-state index contributed by atoms with van der Waals surface area (Å²) in [5.41, 5.74) is 3.59. The fraction of sp³-hybridized carbons (Fsp3) is 0.800. The molecule has 0 bridgehead atoms. The van der Waals surface area contributed by atoms with Gasteiger partial charge in [0.1, 0.15) is 12.2 Å². The predicted octanol–water partition coefficient (Wildman–Crippen LogP) is 4.84. The number of hydrogen-bond acceptors (Lipinski definition) is 3. The summed E-state index contributed by atoms with van der Waals surface area (Å²) in [6, 6.07) is 0. The molecule has 0 amide bonds. The molecule has 0 spiro atoms. The zero-order valence-corrected chi connectivity index (χ0v) is 15.5. The lowest BCUT2D eigenvalue weighted by Crippen LogP contribution is -2.45. The molecule has 2 aliphatic rings. The summed E-state index contributed by atoms with van der Waals surface area (Å²) < 4.78 is 4.60. The van der Waals surface area contributed by atoms with E-state index in [1.54, 1.807) is 0 Å². The van der Waals surface area contributed by atoms with Crippen molar-refractivity contribution in [2.75, 3.05) is 7.11 Å². The van der Waals surface area contributed by atoms with Crippen LogP contribution in [0.25, 0.3) is 0 Å². The van der Waals surface area contributed by atoms with Gasteiger partial charge in [0.2, 0.25) is 0 Å². The van der Waals surface area contributed by atoms with Crippen molar-refractivity contribution in [3.63, 3.8) is 0 Å². The molecular weight excluding hydrogens is 288 g/mol. The van der Waals surface area contributed by atoms with Crippen molar-refractivity contribution in [3.8, 4) is 0 Å². The summed E-state index contributed by atoms with van der Waals surface area (Å²) in [6.45, 7) is 9.48. The molecule has 0 aromatic rings. The van der Waals surface area contributed by atoms with Crippen LogP contribution in [0.1, 0.15) is 79.1 Å². The minimum absolute atomic E-state index is 0.00190. The third-order valence-electron chi connectivity index (χ3n) is 6.47. The van der Waals surface area contributed by atoms with Gasteiger partial charge in [-0.25, -0.2) is 0 Å². The monoisotopic (exact) mass is 320 g/mol. The highest BCUT2D eigenvalue weighted by molar-refractivity contribution is 5.95. The first kappa shape index (κ1) is 18.2. The minimum atomic E-state index is -0.424. The lowest BCUT2D eigenvalue weighted by Gasteiger charge is -2.55. The minimum Gasteiger partial charge on any atom is -0.469 e. The Hall–Kier alpha value is -1.12. The Labute approximate surface area is 140 Å². The number of methoxy groups -OCH3 is 1. The second-order valence-electron chi connectivity index (χ2n) is 8.40. The second-order valence-corrected chi connectivity index (χ2v) is 8.40. The van der Waals surface area contributed by atoms with Crippen molar-refractivity contribution < 1.29 is 14.3 Å². The van der Waals surface area contributed by atoms with Crippen molar-refractivity contribution in [2.45, 2.75) is 79.1 Å². The molecule has 3 nitrogen and oxygen atoms in total. The van der Waals surface area contributed by atoms with E-state index in [4.69, 9.17) is 0 Å². The van der Waals surface area contributed by atoms with Gasteiger partial charge in [-0.1, -0.05) is 38.3 Å². The first-order valence-corrected chi connectivity index (χ1v) is 8.98. The first-order valence-electron chi connectivity index (χ1n) is 8.98. The Morgan fingerprint density at radius 1 is 1.22 bits per heavy atom. The van der Waals surface area contributed by atoms with E-state index in [9.17, 15) is 9.59 Å². The van der Waals surface area contributed by atoms with Gasteiger partial charge < -0.3 is 4.74 Å². The molecule has 0 aromatic heterocycles. The highest BCUT2D eigenvalue weighted by atomic mass is 16.5. The van der Waals surface area contributed by atoms with E-state index in [-0.39, 0.29) is 17.6 Å². The van der Waals surface area contributed by atoms with Gasteiger partial charge in [0.15, 0.2) is 0 Å². The van der Waals surface area contributed by atoms with Crippen molar-refractivity contribution in [3.05, 3.63) is 11.1 Å². The zero-order chi connectivity index (χ0) is 17.3. The molecule has 0 saturated heterocycles. The molecule has 2 atom stereocenters. The van der Waals surface area contributed by atoms with Gasteiger partial charge in [-0.3, -0.25) is 9.59 Å². The van der Waals surface area contributed by atoms with Crippen LogP contribution in [0.15, 0.2) is 11.1 Å². The summed E-state index contributed by atoms with van der Waals surface area (Å²) in [6.07, 6.45) is 7.43. The van der Waals surface area contributed by atoms with Crippen LogP contribution in [0.5, 0.6) is 0 Å². The number of hydrogen-bond donors (Lipinski definition) is 0. The summed E-state index contributed by atoms with van der Waals surface area (Å²) in [7, 11) is 1.33. The van der Waals surface area contributed by atoms with Gasteiger partial charge in [-0.2, -0.15) is 0 Å². The van der Waals surface area contributed by atoms with Gasteiger partial charge in [0.05, 0.1) is 7.11 Å². The molecule has 130 valence electrons. The van der Waals surface area contributed by atoms with Gasteiger partial charge in [0.25, 0.3) is 0 Å². The molecule has 0 radical (unpaired) electrons. The molecule has 0 heterocycles. The number of allylic oxidation sites excluding steroid dienone is 2. The molecule has 3 heteroatoms. The molecule has 2 aliphatic carbocycles. The summed E-state index contributed by atoms with van der Waals surface area (Å²) in [4.78, 5) is 23.3. The van der Waals surface area contributed by atoms with Crippen LogP contribution in [0, 0.1) is 16.7 Å². The molecule has 0 unspecified atom stereocenters. The number of rotatable bonds is 5. The summed E-state index contributed by atoms with van der Waals surface area (Å²) in [5, 5.41) is 0. The highest BCUT2D eigenvalue weighted by Crippen LogP contribution is 2.60. The molecule has 0 N–H and O–H groups in total. The van der Waals surface area contributed by atoms with Crippen LogP contribution in [-0.2, 0) is 14.3 Å². The van der Waals surface area contributed by atoms with Gasteiger partial charge in [-0.15, -0.1) is 0 Å². The maximum atomic E-state index is 12.0. The topological polar surface area (TPSA) is 43.4 Å². The third kappa shape index (κ3) is 3.70. The molecule has 0 aromatic carbocycles. The average molecular weight is 320 g/mol. The molecule has 0 aliphatic heterocycles. The van der Waals surface area contributed by atoms with Crippen LogP contribution in [-0.4, -0.2) is 18.9 Å². The van der Waals surface area contributed by atoms with Crippen LogP contribution in [0.2, 0.25) is 0 Å². The molecule has 1 saturated carbocycles. The Balaban J connectivity index is 2.13. The van der Waals surface area contributed by atoms with Crippen molar-refractivity contribution in [1.82, 2.24) is 0 Å². The maximum absolute atomic E-state index is 12.0. The fourth-order valence-electron chi connectivity index (χ4n) is 5.28. The number of fused-ring (bicyclic) bond motifs is 1. The highest BCUT2D eigenvalue weighted by Gasteiger charge is 2.49. The van der Waals surface area contributed by atoms with Gasteiger partial charge in [-0.05, 0) is 55.8 Å². The first-order chi connectivity index (χ1) is 10.7. The number of ether oxygens (including phenoxy) is 1. The number of carbonyl (C=O) groups excluding carboxylic acids is 2. The largest absolute Gasteiger partial charge is 0.469 e. The van der Waals surface area contributed by atoms with E-state index in [0.29, 0.717) is 17.8 Å². The van der Waals surface area contributed by atoms with E-state index in [2.05, 4.69) is 32.4 Å². The van der Waals surface area contributed by atoms with E-state index >= 15 is 0 Å². The van der Waals surface area contributed by atoms with Crippen LogP contribution >= 0.6 is 0 Å². The SMILES string of the molecule is COC(=O)CC(=O)CCC1=C(C)CC[C@H]2C(C)(C)CCC[C@]12C. The van der Waals surface area contributed by atoms with Gasteiger partial charge >= 0.3 is 5.97 Å². The predicted molar refractivity (Wildman–Crippen MR) is 92.0 cm³/mol. The average Bonchev–Trinajstić information content (AvgIpc) is 2.45. The smallest absolute Gasteiger partial charge is 0.313 e. The molecule has 23 heavy (non-hydrogen) atoms. The number of ketones is 1. The Morgan fingerprint density at radius 2 is 1.91 bits per heavy atom. The van der Waals surface area contributed by atoms with E-state index in [0.717, 1.165) is 12.8 Å². The van der Waals surface area contributed by atoms with E-state index < -0.39 is 5.97 Å². The fourth-order valence-corrected chi connectivity index (χ4v) is 5.28. The van der Waals surface area contributed by atoms with E-state index in [1.807, 2.05) is 0 Å². The number of Topliss-reactive ketones (excluding diaryl/α,β-unsaturated/α-hetero) is 1. The third-order valence-corrected chi connectivity index (χ3v) is 6.47. The summed E-state index contributed by atoms with van der Waals surface area (Å²) >= 11 is 0. The molecule has 2 rings (SSSR count). The van der Waals surface area contributed by atoms with Gasteiger partial charge in [0, 0.05) is 6.42 Å². The summed E-state index contributed by atoms with van der Waals surface area (Å²) in [5.74, 6) is 0.281. The van der Waals surface area contributed by atoms with Crippen molar-refractivity contribution in [1.29, 1.82) is 0 Å². The number of esters is 1. The Kier molecular flexibility index (Phi) is 5.37. The Bertz CT molecular complexity index is 515. The van der Waals surface area contributed by atoms with E-state index in [1.165, 1.54) is 43.9 Å². The zero-order valence-electron chi connectivity index (χ0n) is 15.5. The Morgan fingerprint density at radius 3 is 2.57 bits per heavy atom. The van der Waals surface area contributed by atoms with Crippen LogP contribution in [0.3, 0.4) is 0 Å². The second kappa shape index (κ2) is 6.78. The van der Waals surface area contributed by atoms with Crippen LogP contribution in [0.4, 0.5) is 0 Å². The normalized spacial score (nSPS) is 29.9. The quantitative estimate of drug-likeness (QED) is 0.413. The maximum Gasteiger partial charge on any atom is 0.313 e. The molecular formula is C20H32O3.